The van der Waals surface area contributed by atoms with Gasteiger partial charge in [-0.2, -0.15) is 0 Å². The van der Waals surface area contributed by atoms with Crippen LogP contribution in [0.25, 0.3) is 0 Å². The van der Waals surface area contributed by atoms with Gasteiger partial charge in [0.15, 0.2) is 0 Å². The van der Waals surface area contributed by atoms with E-state index in [0.29, 0.717) is 25.3 Å². The van der Waals surface area contributed by atoms with E-state index in [4.69, 9.17) is 4.74 Å². The molecule has 2 heterocycles. The Morgan fingerprint density at radius 3 is 2.52 bits per heavy atom. The van der Waals surface area contributed by atoms with E-state index in [2.05, 4.69) is 35.4 Å². The molecule has 1 aromatic heterocycles. The second-order valence-corrected chi connectivity index (χ2v) is 8.38. The molecule has 0 radical (unpaired) electrons. The largest absolute Gasteiger partial charge is 0.368 e. The smallest absolute Gasteiger partial charge is 0.255 e. The lowest BCUT2D eigenvalue weighted by Crippen LogP contribution is -2.77. The van der Waals surface area contributed by atoms with E-state index < -0.39 is 11.1 Å². The van der Waals surface area contributed by atoms with Crippen molar-refractivity contribution in [3.63, 3.8) is 0 Å². The van der Waals surface area contributed by atoms with Crippen molar-refractivity contribution in [2.75, 3.05) is 13.1 Å². The van der Waals surface area contributed by atoms with Crippen LogP contribution in [-0.4, -0.2) is 45.9 Å². The zero-order valence-corrected chi connectivity index (χ0v) is 17.2. The highest BCUT2D eigenvalue weighted by atomic mass is 16.5. The summed E-state index contributed by atoms with van der Waals surface area (Å²) in [6.07, 6.45) is 3.37. The summed E-state index contributed by atoms with van der Waals surface area (Å²) in [4.78, 5) is 30.7. The fraction of sp³-hybridized carbons (Fsp3) is 0.435. The van der Waals surface area contributed by atoms with Gasteiger partial charge >= 0.3 is 0 Å². The first kappa shape index (κ1) is 19.6. The highest BCUT2D eigenvalue weighted by Gasteiger charge is 2.67. The number of nitrogens with one attached hydrogen (secondary N) is 1. The molecule has 6 heteroatoms. The van der Waals surface area contributed by atoms with Crippen LogP contribution in [0.4, 0.5) is 0 Å². The van der Waals surface area contributed by atoms with Gasteiger partial charge in [-0.1, -0.05) is 29.8 Å². The molecule has 152 valence electrons. The maximum atomic E-state index is 12.8. The van der Waals surface area contributed by atoms with Gasteiger partial charge in [0.25, 0.3) is 5.91 Å². The number of pyridine rings is 1. The number of ether oxygens (including phenoxy) is 1. The maximum absolute atomic E-state index is 12.8. The van der Waals surface area contributed by atoms with E-state index in [1.165, 1.54) is 12.5 Å². The van der Waals surface area contributed by atoms with Crippen LogP contribution in [0.3, 0.4) is 0 Å². The molecular weight excluding hydrogens is 366 g/mol. The van der Waals surface area contributed by atoms with Crippen molar-refractivity contribution < 1.29 is 14.3 Å². The van der Waals surface area contributed by atoms with E-state index in [9.17, 15) is 9.59 Å². The molecule has 0 atom stereocenters. The predicted molar refractivity (Wildman–Crippen MR) is 109 cm³/mol. The topological polar surface area (TPSA) is 71.5 Å². The minimum absolute atomic E-state index is 0.0621. The van der Waals surface area contributed by atoms with Crippen LogP contribution in [0.15, 0.2) is 42.6 Å². The number of hydrogen-bond donors (Lipinski definition) is 1. The fourth-order valence-electron chi connectivity index (χ4n) is 4.24. The molecule has 1 N–H and O–H groups in total. The van der Waals surface area contributed by atoms with Crippen molar-refractivity contribution >= 4 is 11.8 Å². The van der Waals surface area contributed by atoms with Crippen molar-refractivity contribution in [3.05, 3.63) is 65.0 Å². The van der Waals surface area contributed by atoms with Gasteiger partial charge < -0.3 is 15.0 Å². The van der Waals surface area contributed by atoms with Crippen LogP contribution in [0.5, 0.6) is 0 Å². The van der Waals surface area contributed by atoms with Crippen molar-refractivity contribution in [1.29, 1.82) is 0 Å². The Labute approximate surface area is 171 Å². The normalized spacial score (nSPS) is 18.7. The fourth-order valence-corrected chi connectivity index (χ4v) is 4.24. The van der Waals surface area contributed by atoms with Gasteiger partial charge in [0.2, 0.25) is 5.91 Å². The van der Waals surface area contributed by atoms with Crippen LogP contribution in [0.1, 0.15) is 46.9 Å². The molecule has 0 bridgehead atoms. The Morgan fingerprint density at radius 2 is 1.93 bits per heavy atom. The number of likely N-dealkylation sites (tertiary alicyclic amines) is 1. The van der Waals surface area contributed by atoms with E-state index in [-0.39, 0.29) is 11.8 Å². The van der Waals surface area contributed by atoms with Gasteiger partial charge in [0, 0.05) is 31.9 Å². The summed E-state index contributed by atoms with van der Waals surface area (Å²) in [5.74, 6) is -0.160. The quantitative estimate of drug-likeness (QED) is 0.819. The Bertz CT molecular complexity index is 929. The Kier molecular flexibility index (Phi) is 4.90. The van der Waals surface area contributed by atoms with E-state index in [1.54, 1.807) is 17.2 Å². The number of aryl methyl sites for hydroxylation is 2. The van der Waals surface area contributed by atoms with Gasteiger partial charge in [0.1, 0.15) is 5.54 Å². The zero-order valence-electron chi connectivity index (χ0n) is 17.2. The molecular formula is C23H27N3O3. The highest BCUT2D eigenvalue weighted by molar-refractivity contribution is 5.95. The predicted octanol–water partition coefficient (Wildman–Crippen LogP) is 2.78. The summed E-state index contributed by atoms with van der Waals surface area (Å²) in [6.45, 7) is 6.87. The first-order valence-electron chi connectivity index (χ1n) is 10.0. The summed E-state index contributed by atoms with van der Waals surface area (Å²) in [6, 6.07) is 11.9. The number of benzene rings is 1. The second kappa shape index (κ2) is 7.26. The number of rotatable bonds is 6. The Balaban J connectivity index is 1.47. The average Bonchev–Trinajstić information content (AvgIpc) is 3.44. The number of carbonyl (C=O) groups excluding carboxylic acids is 2. The van der Waals surface area contributed by atoms with Crippen LogP contribution < -0.4 is 5.32 Å². The van der Waals surface area contributed by atoms with Crippen molar-refractivity contribution in [2.45, 2.75) is 51.4 Å². The molecule has 29 heavy (non-hydrogen) atoms. The summed E-state index contributed by atoms with van der Waals surface area (Å²) in [5.41, 5.74) is 2.81. The van der Waals surface area contributed by atoms with E-state index >= 15 is 0 Å². The molecule has 2 aliphatic rings. The van der Waals surface area contributed by atoms with Crippen molar-refractivity contribution in [2.24, 2.45) is 0 Å². The van der Waals surface area contributed by atoms with Crippen LogP contribution in [0.2, 0.25) is 0 Å². The summed E-state index contributed by atoms with van der Waals surface area (Å²) >= 11 is 0. The van der Waals surface area contributed by atoms with Crippen LogP contribution in [0, 0.1) is 13.8 Å². The lowest BCUT2D eigenvalue weighted by molar-refractivity contribution is -0.135. The second-order valence-electron chi connectivity index (χ2n) is 8.38. The van der Waals surface area contributed by atoms with Crippen molar-refractivity contribution in [3.8, 4) is 0 Å². The zero-order chi connectivity index (χ0) is 20.6. The number of nitrogens with zero attached hydrogens (tertiary/aromatic N) is 2. The third-order valence-electron chi connectivity index (χ3n) is 5.96. The minimum Gasteiger partial charge on any atom is -0.368 e. The standard InChI is InChI=1S/C23H27N3O3/c1-16-5-4-6-19(11-16)13-29-23(9-10-23)22(25-18(3)27)14-26(15-22)21(28)20-8-7-17(2)24-12-20/h4-8,11-12H,9-10,13-15H2,1-3H3,(H,25,27). The summed E-state index contributed by atoms with van der Waals surface area (Å²) in [7, 11) is 0. The van der Waals surface area contributed by atoms with Crippen LogP contribution >= 0.6 is 0 Å². The molecule has 2 amide bonds. The van der Waals surface area contributed by atoms with Gasteiger partial charge in [0.05, 0.1) is 17.8 Å². The molecule has 6 nitrogen and oxygen atoms in total. The maximum Gasteiger partial charge on any atom is 0.255 e. The van der Waals surface area contributed by atoms with Gasteiger partial charge in [-0.3, -0.25) is 14.6 Å². The van der Waals surface area contributed by atoms with E-state index in [1.807, 2.05) is 19.1 Å². The molecule has 1 saturated carbocycles. The lowest BCUT2D eigenvalue weighted by Gasteiger charge is -2.54. The van der Waals surface area contributed by atoms with Gasteiger partial charge in [-0.25, -0.2) is 0 Å². The highest BCUT2D eigenvalue weighted by Crippen LogP contribution is 2.52. The molecule has 1 saturated heterocycles. The number of hydrogen-bond acceptors (Lipinski definition) is 4. The molecule has 2 aromatic rings. The van der Waals surface area contributed by atoms with E-state index in [0.717, 1.165) is 24.1 Å². The number of amides is 2. The molecule has 2 fully saturated rings. The monoisotopic (exact) mass is 393 g/mol. The van der Waals surface area contributed by atoms with Gasteiger partial charge in [-0.05, 0) is 44.4 Å². The summed E-state index contributed by atoms with van der Waals surface area (Å²) in [5, 5.41) is 3.12. The SMILES string of the molecule is CC(=O)NC1(C2(OCc3cccc(C)c3)CC2)CN(C(=O)c2ccc(C)nc2)C1. The molecule has 0 unspecified atom stereocenters. The van der Waals surface area contributed by atoms with Crippen LogP contribution in [-0.2, 0) is 16.1 Å². The first-order chi connectivity index (χ1) is 13.8. The third kappa shape index (κ3) is 3.77. The summed E-state index contributed by atoms with van der Waals surface area (Å²) < 4.78 is 6.37. The lowest BCUT2D eigenvalue weighted by atomic mass is 9.80. The molecule has 1 aliphatic carbocycles. The molecule has 1 aliphatic heterocycles. The molecule has 1 aromatic carbocycles. The number of aromatic nitrogens is 1. The third-order valence-corrected chi connectivity index (χ3v) is 5.96. The average molecular weight is 393 g/mol. The molecule has 0 spiro atoms. The Hall–Kier alpha value is -2.73. The molecule has 4 rings (SSSR count). The minimum atomic E-state index is -0.531. The Morgan fingerprint density at radius 1 is 1.17 bits per heavy atom. The van der Waals surface area contributed by atoms with Gasteiger partial charge in [-0.15, -0.1) is 0 Å². The van der Waals surface area contributed by atoms with Crippen molar-refractivity contribution in [1.82, 2.24) is 15.2 Å². The first-order valence-corrected chi connectivity index (χ1v) is 10.0. The number of carbonyl (C=O) groups is 2.